The number of carboxylic acids is 1. The molecule has 108 valence electrons. The molecule has 0 aromatic heterocycles. The number of hydrogen-bond donors (Lipinski definition) is 2. The van der Waals surface area contributed by atoms with Crippen molar-refractivity contribution in [3.8, 4) is 5.75 Å². The van der Waals surface area contributed by atoms with E-state index in [0.29, 0.717) is 12.8 Å². The molecule has 1 fully saturated rings. The van der Waals surface area contributed by atoms with Crippen LogP contribution in [-0.4, -0.2) is 30.1 Å². The molecule has 0 saturated heterocycles. The number of carbonyl (C=O) groups is 2. The van der Waals surface area contributed by atoms with E-state index in [2.05, 4.69) is 5.32 Å². The molecule has 1 amide bonds. The first kappa shape index (κ1) is 14.3. The summed E-state index contributed by atoms with van der Waals surface area (Å²) in [6, 6.07) is 6.01. The molecular formula is C14H16FNO4. The third-order valence-electron chi connectivity index (χ3n) is 3.42. The van der Waals surface area contributed by atoms with Crippen molar-refractivity contribution in [3.05, 3.63) is 30.1 Å². The summed E-state index contributed by atoms with van der Waals surface area (Å²) in [5.41, 5.74) is 0. The van der Waals surface area contributed by atoms with Crippen LogP contribution in [0.25, 0.3) is 0 Å². The predicted octanol–water partition coefficient (Wildman–Crippen LogP) is 1.43. The highest BCUT2D eigenvalue weighted by Crippen LogP contribution is 2.34. The standard InChI is InChI=1S/C14H16FNO4/c15-11-3-1-2-4-12(11)20-8-7-16-13(17)9-5-6-10(9)14(18)19/h1-4,9-10H,5-8H2,(H,16,17)(H,18,19). The molecule has 2 unspecified atom stereocenters. The van der Waals surface area contributed by atoms with Crippen LogP contribution in [0.2, 0.25) is 0 Å². The molecule has 1 aromatic rings. The van der Waals surface area contributed by atoms with Gasteiger partial charge in [0.25, 0.3) is 0 Å². The molecule has 2 N–H and O–H groups in total. The van der Waals surface area contributed by atoms with Gasteiger partial charge in [0.15, 0.2) is 11.6 Å². The normalized spacial score (nSPS) is 20.9. The van der Waals surface area contributed by atoms with E-state index in [-0.39, 0.29) is 24.8 Å². The van der Waals surface area contributed by atoms with Crippen LogP contribution in [0.1, 0.15) is 12.8 Å². The van der Waals surface area contributed by atoms with Crippen molar-refractivity contribution in [2.45, 2.75) is 12.8 Å². The maximum Gasteiger partial charge on any atom is 0.307 e. The number of rotatable bonds is 6. The summed E-state index contributed by atoms with van der Waals surface area (Å²) in [6.07, 6.45) is 1.14. The Labute approximate surface area is 115 Å². The molecular weight excluding hydrogens is 265 g/mol. The predicted molar refractivity (Wildman–Crippen MR) is 68.8 cm³/mol. The van der Waals surface area contributed by atoms with Crippen molar-refractivity contribution in [2.24, 2.45) is 11.8 Å². The Balaban J connectivity index is 1.70. The second-order valence-corrected chi connectivity index (χ2v) is 4.70. The highest BCUT2D eigenvalue weighted by Gasteiger charge is 2.41. The van der Waals surface area contributed by atoms with Crippen LogP contribution < -0.4 is 10.1 Å². The van der Waals surface area contributed by atoms with Crippen molar-refractivity contribution >= 4 is 11.9 Å². The molecule has 2 rings (SSSR count). The van der Waals surface area contributed by atoms with E-state index in [9.17, 15) is 14.0 Å². The van der Waals surface area contributed by atoms with E-state index in [1.54, 1.807) is 12.1 Å². The van der Waals surface area contributed by atoms with Crippen LogP contribution in [0, 0.1) is 17.7 Å². The summed E-state index contributed by atoms with van der Waals surface area (Å²) in [4.78, 5) is 22.5. The summed E-state index contributed by atoms with van der Waals surface area (Å²) in [7, 11) is 0. The summed E-state index contributed by atoms with van der Waals surface area (Å²) in [5.74, 6) is -2.57. The lowest BCUT2D eigenvalue weighted by atomic mass is 9.73. The molecule has 0 spiro atoms. The summed E-state index contributed by atoms with van der Waals surface area (Å²) < 4.78 is 18.4. The molecule has 0 bridgehead atoms. The maximum absolute atomic E-state index is 13.2. The van der Waals surface area contributed by atoms with Gasteiger partial charge in [-0.1, -0.05) is 12.1 Å². The quantitative estimate of drug-likeness (QED) is 0.773. The zero-order valence-electron chi connectivity index (χ0n) is 10.8. The first-order valence-corrected chi connectivity index (χ1v) is 6.47. The minimum atomic E-state index is -0.931. The molecule has 1 aromatic carbocycles. The molecule has 2 atom stereocenters. The monoisotopic (exact) mass is 281 g/mol. The van der Waals surface area contributed by atoms with Crippen LogP contribution in [-0.2, 0) is 9.59 Å². The van der Waals surface area contributed by atoms with Crippen molar-refractivity contribution < 1.29 is 23.8 Å². The van der Waals surface area contributed by atoms with Gasteiger partial charge in [-0.2, -0.15) is 0 Å². The fraction of sp³-hybridized carbons (Fsp3) is 0.429. The molecule has 1 aliphatic rings. The number of aliphatic carboxylic acids is 1. The fourth-order valence-corrected chi connectivity index (χ4v) is 2.14. The number of halogens is 1. The van der Waals surface area contributed by atoms with Crippen LogP contribution >= 0.6 is 0 Å². The average molecular weight is 281 g/mol. The Hall–Kier alpha value is -2.11. The molecule has 6 heteroatoms. The lowest BCUT2D eigenvalue weighted by molar-refractivity contribution is -0.152. The Morgan fingerprint density at radius 3 is 2.60 bits per heavy atom. The molecule has 1 saturated carbocycles. The van der Waals surface area contributed by atoms with Crippen LogP contribution in [0.3, 0.4) is 0 Å². The lowest BCUT2D eigenvalue weighted by Crippen LogP contribution is -2.44. The van der Waals surface area contributed by atoms with E-state index < -0.39 is 23.6 Å². The SMILES string of the molecule is O=C(O)C1CCC1C(=O)NCCOc1ccccc1F. The van der Waals surface area contributed by atoms with E-state index in [1.807, 2.05) is 0 Å². The van der Waals surface area contributed by atoms with Gasteiger partial charge in [0.1, 0.15) is 6.61 Å². The van der Waals surface area contributed by atoms with E-state index in [0.717, 1.165) is 0 Å². The number of benzene rings is 1. The lowest BCUT2D eigenvalue weighted by Gasteiger charge is -2.31. The Kier molecular flexibility index (Phi) is 4.55. The second kappa shape index (κ2) is 6.36. The van der Waals surface area contributed by atoms with Crippen molar-refractivity contribution in [1.29, 1.82) is 0 Å². The third-order valence-corrected chi connectivity index (χ3v) is 3.42. The number of amides is 1. The number of para-hydroxylation sites is 1. The van der Waals surface area contributed by atoms with Gasteiger partial charge in [0.05, 0.1) is 18.4 Å². The third kappa shape index (κ3) is 3.26. The van der Waals surface area contributed by atoms with Gasteiger partial charge in [-0.25, -0.2) is 4.39 Å². The van der Waals surface area contributed by atoms with E-state index in [1.165, 1.54) is 12.1 Å². The highest BCUT2D eigenvalue weighted by molar-refractivity contribution is 5.86. The van der Waals surface area contributed by atoms with Gasteiger partial charge in [-0.05, 0) is 25.0 Å². The van der Waals surface area contributed by atoms with Crippen molar-refractivity contribution in [1.82, 2.24) is 5.32 Å². The Morgan fingerprint density at radius 2 is 2.00 bits per heavy atom. The van der Waals surface area contributed by atoms with E-state index >= 15 is 0 Å². The van der Waals surface area contributed by atoms with Gasteiger partial charge in [0.2, 0.25) is 5.91 Å². The summed E-state index contributed by atoms with van der Waals surface area (Å²) in [5, 5.41) is 11.5. The molecule has 0 heterocycles. The zero-order chi connectivity index (χ0) is 14.5. The topological polar surface area (TPSA) is 75.6 Å². The maximum atomic E-state index is 13.2. The zero-order valence-corrected chi connectivity index (χ0v) is 10.8. The minimum absolute atomic E-state index is 0.133. The highest BCUT2D eigenvalue weighted by atomic mass is 19.1. The summed E-state index contributed by atoms with van der Waals surface area (Å²) in [6.45, 7) is 0.354. The number of hydrogen-bond acceptors (Lipinski definition) is 3. The molecule has 20 heavy (non-hydrogen) atoms. The van der Waals surface area contributed by atoms with Crippen LogP contribution in [0.15, 0.2) is 24.3 Å². The van der Waals surface area contributed by atoms with Gasteiger partial charge in [-0.3, -0.25) is 9.59 Å². The smallest absolute Gasteiger partial charge is 0.307 e. The number of nitrogens with one attached hydrogen (secondary N) is 1. The molecule has 5 nitrogen and oxygen atoms in total. The molecule has 0 radical (unpaired) electrons. The molecule has 0 aliphatic heterocycles. The molecule has 1 aliphatic carbocycles. The first-order valence-electron chi connectivity index (χ1n) is 6.47. The summed E-state index contributed by atoms with van der Waals surface area (Å²) >= 11 is 0. The minimum Gasteiger partial charge on any atom is -0.489 e. The first-order chi connectivity index (χ1) is 9.59. The number of ether oxygens (including phenoxy) is 1. The Bertz CT molecular complexity index is 506. The van der Waals surface area contributed by atoms with Gasteiger partial charge in [-0.15, -0.1) is 0 Å². The Morgan fingerprint density at radius 1 is 1.30 bits per heavy atom. The van der Waals surface area contributed by atoms with Crippen molar-refractivity contribution in [2.75, 3.05) is 13.2 Å². The van der Waals surface area contributed by atoms with Gasteiger partial charge >= 0.3 is 5.97 Å². The largest absolute Gasteiger partial charge is 0.489 e. The van der Waals surface area contributed by atoms with Gasteiger partial charge < -0.3 is 15.2 Å². The van der Waals surface area contributed by atoms with E-state index in [4.69, 9.17) is 9.84 Å². The second-order valence-electron chi connectivity index (χ2n) is 4.70. The average Bonchev–Trinajstić information content (AvgIpc) is 2.34. The number of carboxylic acid groups (broad SMARTS) is 1. The van der Waals surface area contributed by atoms with Crippen molar-refractivity contribution in [3.63, 3.8) is 0 Å². The number of carbonyl (C=O) groups excluding carboxylic acids is 1. The van der Waals surface area contributed by atoms with Crippen LogP contribution in [0.4, 0.5) is 4.39 Å². The van der Waals surface area contributed by atoms with Gasteiger partial charge in [0, 0.05) is 0 Å². The fourth-order valence-electron chi connectivity index (χ4n) is 2.14. The van der Waals surface area contributed by atoms with Crippen LogP contribution in [0.5, 0.6) is 5.75 Å².